The van der Waals surface area contributed by atoms with Gasteiger partial charge in [0.05, 0.1) is 6.10 Å². The molecule has 1 nitrogen and oxygen atoms in total. The van der Waals surface area contributed by atoms with E-state index < -0.39 is 0 Å². The molecule has 0 fully saturated rings. The molecule has 1 aliphatic rings. The smallest absolute Gasteiger partial charge is 0.122 e. The molecule has 1 atom stereocenters. The van der Waals surface area contributed by atoms with Crippen LogP contribution in [-0.2, 0) is 6.42 Å². The molecule has 0 aliphatic carbocycles. The summed E-state index contributed by atoms with van der Waals surface area (Å²) in [5.74, 6) is 1.10. The normalized spacial score (nSPS) is 21.5. The fourth-order valence-electron chi connectivity index (χ4n) is 1.87. The van der Waals surface area contributed by atoms with E-state index in [1.165, 1.54) is 24.8 Å². The molecule has 0 radical (unpaired) electrons. The van der Waals surface area contributed by atoms with E-state index in [0.717, 1.165) is 12.2 Å². The van der Waals surface area contributed by atoms with Gasteiger partial charge in [-0.3, -0.25) is 0 Å². The van der Waals surface area contributed by atoms with Crippen LogP contribution in [0.2, 0.25) is 0 Å². The predicted octanol–water partition coefficient (Wildman–Crippen LogP) is 3.18. The average Bonchev–Trinajstić information content (AvgIpc) is 2.38. The van der Waals surface area contributed by atoms with Crippen LogP contribution in [-0.4, -0.2) is 6.10 Å². The SMILES string of the molecule is CCC1CCCc2ccccc2O1. The van der Waals surface area contributed by atoms with E-state index in [1.807, 2.05) is 0 Å². The lowest BCUT2D eigenvalue weighted by Gasteiger charge is -2.14. The minimum absolute atomic E-state index is 0.434. The van der Waals surface area contributed by atoms with Gasteiger partial charge in [-0.1, -0.05) is 25.1 Å². The van der Waals surface area contributed by atoms with Crippen molar-refractivity contribution < 1.29 is 4.74 Å². The molecule has 0 aromatic heterocycles. The van der Waals surface area contributed by atoms with E-state index >= 15 is 0 Å². The van der Waals surface area contributed by atoms with Crippen LogP contribution >= 0.6 is 0 Å². The summed E-state index contributed by atoms with van der Waals surface area (Å²) < 4.78 is 5.91. The molecule has 70 valence electrons. The molecular weight excluding hydrogens is 160 g/mol. The number of hydrogen-bond donors (Lipinski definition) is 0. The van der Waals surface area contributed by atoms with Gasteiger partial charge in [-0.2, -0.15) is 0 Å². The number of hydrogen-bond acceptors (Lipinski definition) is 1. The Morgan fingerprint density at radius 3 is 3.08 bits per heavy atom. The van der Waals surface area contributed by atoms with Crippen LogP contribution in [0.15, 0.2) is 24.3 Å². The first kappa shape index (κ1) is 8.61. The maximum Gasteiger partial charge on any atom is 0.122 e. The Hall–Kier alpha value is -0.980. The van der Waals surface area contributed by atoms with Crippen molar-refractivity contribution in [1.29, 1.82) is 0 Å². The van der Waals surface area contributed by atoms with Gasteiger partial charge in [0, 0.05) is 0 Å². The van der Waals surface area contributed by atoms with Crippen molar-refractivity contribution in [2.24, 2.45) is 0 Å². The number of aryl methyl sites for hydroxylation is 1. The molecule has 0 saturated heterocycles. The molecule has 1 unspecified atom stereocenters. The third-order valence-electron chi connectivity index (χ3n) is 2.69. The molecule has 13 heavy (non-hydrogen) atoms. The molecule has 1 aromatic rings. The van der Waals surface area contributed by atoms with E-state index in [-0.39, 0.29) is 0 Å². The first-order chi connectivity index (χ1) is 6.40. The number of fused-ring (bicyclic) bond motifs is 1. The minimum atomic E-state index is 0.434. The summed E-state index contributed by atoms with van der Waals surface area (Å²) in [5, 5.41) is 0. The van der Waals surface area contributed by atoms with Crippen LogP contribution in [0.4, 0.5) is 0 Å². The second-order valence-corrected chi connectivity index (χ2v) is 3.65. The lowest BCUT2D eigenvalue weighted by Crippen LogP contribution is -2.13. The zero-order valence-electron chi connectivity index (χ0n) is 8.12. The molecular formula is C12H16O. The van der Waals surface area contributed by atoms with Crippen LogP contribution in [0.3, 0.4) is 0 Å². The molecule has 0 saturated carbocycles. The van der Waals surface area contributed by atoms with Gasteiger partial charge in [0.15, 0.2) is 0 Å². The third-order valence-corrected chi connectivity index (χ3v) is 2.69. The molecule has 1 heterocycles. The van der Waals surface area contributed by atoms with Gasteiger partial charge in [0.1, 0.15) is 5.75 Å². The highest BCUT2D eigenvalue weighted by Gasteiger charge is 2.14. The molecule has 0 bridgehead atoms. The van der Waals surface area contributed by atoms with Gasteiger partial charge in [0.25, 0.3) is 0 Å². The number of rotatable bonds is 1. The quantitative estimate of drug-likeness (QED) is 0.638. The standard InChI is InChI=1S/C12H16O/c1-2-11-8-5-7-10-6-3-4-9-12(10)13-11/h3-4,6,9,11H,2,5,7-8H2,1H3. The molecule has 0 N–H and O–H groups in total. The second kappa shape index (κ2) is 3.82. The van der Waals surface area contributed by atoms with Gasteiger partial charge >= 0.3 is 0 Å². The van der Waals surface area contributed by atoms with E-state index in [1.54, 1.807) is 0 Å². The monoisotopic (exact) mass is 176 g/mol. The molecule has 2 rings (SSSR count). The maximum absolute atomic E-state index is 5.91. The zero-order valence-corrected chi connectivity index (χ0v) is 8.12. The Morgan fingerprint density at radius 1 is 1.38 bits per heavy atom. The topological polar surface area (TPSA) is 9.23 Å². The molecule has 0 amide bonds. The Balaban J connectivity index is 2.23. The summed E-state index contributed by atoms with van der Waals surface area (Å²) >= 11 is 0. The first-order valence-electron chi connectivity index (χ1n) is 5.14. The highest BCUT2D eigenvalue weighted by molar-refractivity contribution is 5.34. The predicted molar refractivity (Wildman–Crippen MR) is 54.1 cm³/mol. The van der Waals surface area contributed by atoms with Gasteiger partial charge < -0.3 is 4.74 Å². The van der Waals surface area contributed by atoms with Crippen LogP contribution in [0, 0.1) is 0 Å². The van der Waals surface area contributed by atoms with Crippen molar-refractivity contribution in [1.82, 2.24) is 0 Å². The molecule has 1 heteroatoms. The Bertz CT molecular complexity index is 280. The molecule has 1 aromatic carbocycles. The van der Waals surface area contributed by atoms with Crippen LogP contribution in [0.5, 0.6) is 5.75 Å². The highest BCUT2D eigenvalue weighted by atomic mass is 16.5. The van der Waals surface area contributed by atoms with Crippen molar-refractivity contribution in [2.75, 3.05) is 0 Å². The Labute approximate surface area is 79.7 Å². The summed E-state index contributed by atoms with van der Waals surface area (Å²) in [4.78, 5) is 0. The summed E-state index contributed by atoms with van der Waals surface area (Å²) in [6.07, 6.45) is 5.19. The van der Waals surface area contributed by atoms with Gasteiger partial charge in [-0.15, -0.1) is 0 Å². The molecule has 1 aliphatic heterocycles. The van der Waals surface area contributed by atoms with Crippen molar-refractivity contribution in [3.63, 3.8) is 0 Å². The lowest BCUT2D eigenvalue weighted by molar-refractivity contribution is 0.191. The Kier molecular flexibility index (Phi) is 2.53. The van der Waals surface area contributed by atoms with Crippen LogP contribution < -0.4 is 4.74 Å². The Morgan fingerprint density at radius 2 is 2.23 bits per heavy atom. The highest BCUT2D eigenvalue weighted by Crippen LogP contribution is 2.26. The fraction of sp³-hybridized carbons (Fsp3) is 0.500. The van der Waals surface area contributed by atoms with E-state index in [0.29, 0.717) is 6.10 Å². The zero-order chi connectivity index (χ0) is 9.10. The van der Waals surface area contributed by atoms with Crippen molar-refractivity contribution in [2.45, 2.75) is 38.7 Å². The van der Waals surface area contributed by atoms with Crippen molar-refractivity contribution >= 4 is 0 Å². The number of benzene rings is 1. The first-order valence-corrected chi connectivity index (χ1v) is 5.14. The van der Waals surface area contributed by atoms with Crippen molar-refractivity contribution in [3.8, 4) is 5.75 Å². The summed E-state index contributed by atoms with van der Waals surface area (Å²) in [5.41, 5.74) is 1.37. The van der Waals surface area contributed by atoms with Gasteiger partial charge in [-0.25, -0.2) is 0 Å². The fourth-order valence-corrected chi connectivity index (χ4v) is 1.87. The largest absolute Gasteiger partial charge is 0.490 e. The number of ether oxygens (including phenoxy) is 1. The summed E-state index contributed by atoms with van der Waals surface area (Å²) in [6, 6.07) is 8.40. The average molecular weight is 176 g/mol. The summed E-state index contributed by atoms with van der Waals surface area (Å²) in [7, 11) is 0. The van der Waals surface area contributed by atoms with E-state index in [9.17, 15) is 0 Å². The minimum Gasteiger partial charge on any atom is -0.490 e. The maximum atomic E-state index is 5.91. The van der Waals surface area contributed by atoms with Crippen molar-refractivity contribution in [3.05, 3.63) is 29.8 Å². The van der Waals surface area contributed by atoms with Crippen LogP contribution in [0.25, 0.3) is 0 Å². The molecule has 0 spiro atoms. The number of para-hydroxylation sites is 1. The van der Waals surface area contributed by atoms with Crippen LogP contribution in [0.1, 0.15) is 31.7 Å². The second-order valence-electron chi connectivity index (χ2n) is 3.65. The third kappa shape index (κ3) is 1.85. The lowest BCUT2D eigenvalue weighted by atomic mass is 10.1. The van der Waals surface area contributed by atoms with Gasteiger partial charge in [-0.05, 0) is 37.3 Å². The van der Waals surface area contributed by atoms with E-state index in [4.69, 9.17) is 4.74 Å². The summed E-state index contributed by atoms with van der Waals surface area (Å²) in [6.45, 7) is 2.19. The van der Waals surface area contributed by atoms with E-state index in [2.05, 4.69) is 31.2 Å². The van der Waals surface area contributed by atoms with Gasteiger partial charge in [0.2, 0.25) is 0 Å².